The van der Waals surface area contributed by atoms with Gasteiger partial charge in [-0.25, -0.2) is 0 Å². The zero-order valence-electron chi connectivity index (χ0n) is 10.1. The van der Waals surface area contributed by atoms with Gasteiger partial charge in [0.1, 0.15) is 0 Å². The average Bonchev–Trinajstić information content (AvgIpc) is 2.29. The first-order chi connectivity index (χ1) is 8.15. The molecule has 0 bridgehead atoms. The molecule has 0 radical (unpaired) electrons. The molecule has 0 saturated carbocycles. The first-order valence-electron chi connectivity index (χ1n) is 5.89. The lowest BCUT2D eigenvalue weighted by atomic mass is 9.83. The first kappa shape index (κ1) is 10.3. The molecule has 1 aliphatic carbocycles. The van der Waals surface area contributed by atoms with Crippen LogP contribution in [0.4, 0.5) is 0 Å². The molecular weight excluding hydrogens is 208 g/mol. The lowest BCUT2D eigenvalue weighted by Crippen LogP contribution is -2.12. The van der Waals surface area contributed by atoms with E-state index in [-0.39, 0.29) is 5.78 Å². The van der Waals surface area contributed by atoms with E-state index in [0.29, 0.717) is 6.42 Å². The van der Waals surface area contributed by atoms with Gasteiger partial charge in [-0.15, -0.1) is 0 Å². The van der Waals surface area contributed by atoms with Crippen LogP contribution in [0, 0.1) is 13.8 Å². The summed E-state index contributed by atoms with van der Waals surface area (Å²) in [6, 6.07) is 12.5. The largest absolute Gasteiger partial charge is 0.294 e. The minimum absolute atomic E-state index is 0.238. The van der Waals surface area contributed by atoms with E-state index < -0.39 is 0 Å². The number of Topliss-reactive ketones (excluding diaryl/α,β-unsaturated/α-hetero) is 1. The highest BCUT2D eigenvalue weighted by atomic mass is 16.1. The third-order valence-corrected chi connectivity index (χ3v) is 3.38. The molecule has 0 saturated heterocycles. The molecule has 0 aromatic heterocycles. The fourth-order valence-electron chi connectivity index (χ4n) is 2.52. The van der Waals surface area contributed by atoms with Crippen molar-refractivity contribution in [1.29, 1.82) is 0 Å². The predicted molar refractivity (Wildman–Crippen MR) is 69.4 cm³/mol. The molecule has 84 valence electrons. The van der Waals surface area contributed by atoms with Crippen molar-refractivity contribution in [3.8, 4) is 11.1 Å². The Bertz CT molecular complexity index is 623. The summed E-state index contributed by atoms with van der Waals surface area (Å²) in [5, 5.41) is 0. The molecule has 0 unspecified atom stereocenters. The van der Waals surface area contributed by atoms with Crippen LogP contribution in [0.25, 0.3) is 11.1 Å². The van der Waals surface area contributed by atoms with Gasteiger partial charge in [-0.05, 0) is 36.6 Å². The van der Waals surface area contributed by atoms with Gasteiger partial charge in [0.05, 0.1) is 0 Å². The normalized spacial score (nSPS) is 13.2. The van der Waals surface area contributed by atoms with Crippen molar-refractivity contribution in [2.45, 2.75) is 20.3 Å². The van der Waals surface area contributed by atoms with Crippen LogP contribution in [-0.2, 0) is 6.42 Å². The molecule has 0 spiro atoms. The number of fused-ring (bicyclic) bond motifs is 3. The first-order valence-corrected chi connectivity index (χ1v) is 5.89. The van der Waals surface area contributed by atoms with E-state index >= 15 is 0 Å². The summed E-state index contributed by atoms with van der Waals surface area (Å²) in [6.07, 6.45) is 0.535. The summed E-state index contributed by atoms with van der Waals surface area (Å²) in [7, 11) is 0. The summed E-state index contributed by atoms with van der Waals surface area (Å²) in [5.41, 5.74) is 6.69. The van der Waals surface area contributed by atoms with Crippen LogP contribution in [0.1, 0.15) is 27.0 Å². The number of carbonyl (C=O) groups is 1. The fourth-order valence-corrected chi connectivity index (χ4v) is 2.52. The van der Waals surface area contributed by atoms with E-state index in [4.69, 9.17) is 0 Å². The number of carbonyl (C=O) groups excluding carboxylic acids is 1. The Balaban J connectivity index is 2.30. The fraction of sp³-hybridized carbons (Fsp3) is 0.188. The molecule has 0 heterocycles. The number of benzene rings is 2. The molecule has 0 N–H and O–H groups in total. The second kappa shape index (κ2) is 3.56. The van der Waals surface area contributed by atoms with Crippen LogP contribution in [-0.4, -0.2) is 5.78 Å². The molecule has 17 heavy (non-hydrogen) atoms. The van der Waals surface area contributed by atoms with Gasteiger partial charge in [0.25, 0.3) is 0 Å². The van der Waals surface area contributed by atoms with Crippen molar-refractivity contribution in [3.63, 3.8) is 0 Å². The SMILES string of the molecule is Cc1ccc2c(c1)CC(=O)c1cc(C)ccc1-2. The molecule has 1 nitrogen and oxygen atoms in total. The third kappa shape index (κ3) is 1.59. The Morgan fingerprint density at radius 2 is 1.47 bits per heavy atom. The number of hydrogen-bond donors (Lipinski definition) is 0. The molecule has 1 aliphatic rings. The van der Waals surface area contributed by atoms with Gasteiger partial charge in [0.15, 0.2) is 5.78 Å². The molecule has 0 aliphatic heterocycles. The van der Waals surface area contributed by atoms with Crippen molar-refractivity contribution in [1.82, 2.24) is 0 Å². The highest BCUT2D eigenvalue weighted by molar-refractivity contribution is 6.07. The Labute approximate surface area is 101 Å². The van der Waals surface area contributed by atoms with Crippen molar-refractivity contribution in [3.05, 3.63) is 58.7 Å². The Morgan fingerprint density at radius 3 is 2.24 bits per heavy atom. The van der Waals surface area contributed by atoms with E-state index in [1.807, 2.05) is 13.0 Å². The summed E-state index contributed by atoms with van der Waals surface area (Å²) in [5.74, 6) is 0.238. The molecule has 0 atom stereocenters. The van der Waals surface area contributed by atoms with E-state index in [1.54, 1.807) is 0 Å². The lowest BCUT2D eigenvalue weighted by Gasteiger charge is -2.19. The molecule has 2 aromatic rings. The van der Waals surface area contributed by atoms with Crippen LogP contribution >= 0.6 is 0 Å². The zero-order chi connectivity index (χ0) is 12.0. The highest BCUT2D eigenvalue weighted by Crippen LogP contribution is 2.34. The minimum atomic E-state index is 0.238. The van der Waals surface area contributed by atoms with Gasteiger partial charge < -0.3 is 0 Å². The van der Waals surface area contributed by atoms with Crippen LogP contribution < -0.4 is 0 Å². The minimum Gasteiger partial charge on any atom is -0.294 e. The zero-order valence-corrected chi connectivity index (χ0v) is 10.1. The van der Waals surface area contributed by atoms with Gasteiger partial charge in [0.2, 0.25) is 0 Å². The molecule has 2 aromatic carbocycles. The van der Waals surface area contributed by atoms with Gasteiger partial charge in [-0.2, -0.15) is 0 Å². The number of aryl methyl sites for hydroxylation is 2. The van der Waals surface area contributed by atoms with Gasteiger partial charge in [-0.1, -0.05) is 41.5 Å². The quantitative estimate of drug-likeness (QED) is 0.664. The van der Waals surface area contributed by atoms with Gasteiger partial charge in [-0.3, -0.25) is 4.79 Å². The Kier molecular flexibility index (Phi) is 2.15. The second-order valence-corrected chi connectivity index (χ2v) is 4.81. The Hall–Kier alpha value is -1.89. The number of hydrogen-bond acceptors (Lipinski definition) is 1. The maximum absolute atomic E-state index is 12.1. The number of ketones is 1. The number of rotatable bonds is 0. The van der Waals surface area contributed by atoms with Crippen LogP contribution in [0.3, 0.4) is 0 Å². The van der Waals surface area contributed by atoms with E-state index in [2.05, 4.69) is 37.3 Å². The molecule has 0 fully saturated rings. The maximum atomic E-state index is 12.1. The highest BCUT2D eigenvalue weighted by Gasteiger charge is 2.22. The topological polar surface area (TPSA) is 17.1 Å². The van der Waals surface area contributed by atoms with Crippen LogP contribution in [0.2, 0.25) is 0 Å². The summed E-state index contributed by atoms with van der Waals surface area (Å²) >= 11 is 0. The van der Waals surface area contributed by atoms with E-state index in [0.717, 1.165) is 22.3 Å². The second-order valence-electron chi connectivity index (χ2n) is 4.81. The van der Waals surface area contributed by atoms with E-state index in [1.165, 1.54) is 11.1 Å². The summed E-state index contributed by atoms with van der Waals surface area (Å²) in [4.78, 5) is 12.1. The van der Waals surface area contributed by atoms with Gasteiger partial charge in [0, 0.05) is 12.0 Å². The lowest BCUT2D eigenvalue weighted by molar-refractivity contribution is 0.0992. The molecule has 1 heteroatoms. The Morgan fingerprint density at radius 1 is 0.824 bits per heavy atom. The standard InChI is InChI=1S/C16H14O/c1-10-3-5-13-12(7-10)9-16(17)15-8-11(2)4-6-14(13)15/h3-8H,9H2,1-2H3. The molecule has 0 amide bonds. The maximum Gasteiger partial charge on any atom is 0.167 e. The predicted octanol–water partition coefficient (Wildman–Crippen LogP) is 3.71. The molecule has 3 rings (SSSR count). The van der Waals surface area contributed by atoms with Crippen molar-refractivity contribution < 1.29 is 4.79 Å². The average molecular weight is 222 g/mol. The van der Waals surface area contributed by atoms with Crippen LogP contribution in [0.15, 0.2) is 36.4 Å². The smallest absolute Gasteiger partial charge is 0.167 e. The third-order valence-electron chi connectivity index (χ3n) is 3.38. The van der Waals surface area contributed by atoms with Gasteiger partial charge >= 0.3 is 0 Å². The monoisotopic (exact) mass is 222 g/mol. The van der Waals surface area contributed by atoms with Crippen LogP contribution in [0.5, 0.6) is 0 Å². The van der Waals surface area contributed by atoms with Crippen molar-refractivity contribution in [2.24, 2.45) is 0 Å². The van der Waals surface area contributed by atoms with E-state index in [9.17, 15) is 4.79 Å². The summed E-state index contributed by atoms with van der Waals surface area (Å²) in [6.45, 7) is 4.09. The van der Waals surface area contributed by atoms with Crippen molar-refractivity contribution >= 4 is 5.78 Å². The molecular formula is C16H14O. The summed E-state index contributed by atoms with van der Waals surface area (Å²) < 4.78 is 0. The van der Waals surface area contributed by atoms with Crippen molar-refractivity contribution in [2.75, 3.05) is 0 Å².